The molecule has 0 amide bonds. The molecule has 1 heterocycles. The van der Waals surface area contributed by atoms with Crippen molar-refractivity contribution in [2.75, 3.05) is 13.2 Å². The molecule has 0 radical (unpaired) electrons. The second kappa shape index (κ2) is 5.50. The molecule has 0 aromatic carbocycles. The molecule has 0 saturated carbocycles. The summed E-state index contributed by atoms with van der Waals surface area (Å²) in [5, 5.41) is 0. The molecular weight excluding hydrogens is 256 g/mol. The minimum absolute atomic E-state index is 0.000803. The maximum Gasteiger partial charge on any atom is 0.171 e. The van der Waals surface area contributed by atoms with Gasteiger partial charge in [0.1, 0.15) is 0 Å². The molecule has 0 aromatic rings. The molecule has 19 heavy (non-hydrogen) atoms. The van der Waals surface area contributed by atoms with E-state index in [1.54, 1.807) is 0 Å². The van der Waals surface area contributed by atoms with Crippen LogP contribution >= 0.6 is 0 Å². The Morgan fingerprint density at radius 2 is 2.11 bits per heavy atom. The second-order valence-electron chi connectivity index (χ2n) is 7.07. The van der Waals surface area contributed by atoms with Crippen LogP contribution in [0.2, 0.25) is 13.1 Å². The zero-order valence-corrected chi connectivity index (χ0v) is 13.9. The van der Waals surface area contributed by atoms with E-state index in [4.69, 9.17) is 9.16 Å². The highest BCUT2D eigenvalue weighted by Crippen LogP contribution is 2.43. The maximum atomic E-state index is 12.4. The molecule has 0 bridgehead atoms. The molecule has 0 N–H and O–H groups in total. The zero-order valence-electron chi connectivity index (χ0n) is 12.7. The Morgan fingerprint density at radius 3 is 2.68 bits per heavy atom. The van der Waals surface area contributed by atoms with Gasteiger partial charge in [-0.2, -0.15) is 0 Å². The van der Waals surface area contributed by atoms with Gasteiger partial charge in [0.15, 0.2) is 14.8 Å². The lowest BCUT2D eigenvalue weighted by Crippen LogP contribution is -2.45. The molecule has 2 aliphatic rings. The van der Waals surface area contributed by atoms with Crippen molar-refractivity contribution in [2.24, 2.45) is 17.3 Å². The van der Waals surface area contributed by atoms with Crippen molar-refractivity contribution in [1.82, 2.24) is 0 Å². The van der Waals surface area contributed by atoms with Crippen LogP contribution in [0.4, 0.5) is 0 Å². The Balaban J connectivity index is 2.24. The van der Waals surface area contributed by atoms with Gasteiger partial charge in [0.25, 0.3) is 0 Å². The van der Waals surface area contributed by atoms with E-state index in [9.17, 15) is 4.79 Å². The van der Waals surface area contributed by atoms with Crippen molar-refractivity contribution in [2.45, 2.75) is 46.4 Å². The monoisotopic (exact) mass is 282 g/mol. The average Bonchev–Trinajstić information content (AvgIpc) is 2.60. The summed E-state index contributed by atoms with van der Waals surface area (Å²) in [5.74, 6) is 0.604. The smallest absolute Gasteiger partial charge is 0.171 e. The predicted molar refractivity (Wildman–Crippen MR) is 78.7 cm³/mol. The van der Waals surface area contributed by atoms with Gasteiger partial charge in [-0.3, -0.25) is 4.79 Å². The number of carbonyl (C=O) groups excluding carboxylic acids is 1. The number of carbonyl (C=O) groups is 1. The van der Waals surface area contributed by atoms with E-state index in [-0.39, 0.29) is 23.2 Å². The van der Waals surface area contributed by atoms with Crippen LogP contribution in [0.5, 0.6) is 0 Å². The molecule has 4 heteroatoms. The molecule has 1 aliphatic carbocycles. The molecule has 3 nitrogen and oxygen atoms in total. The standard InChI is InChI=1S/C15H26O3Si/c1-15(2,3)14(18-19(4)5)13-11-6-7-17-9-10(11)8-12(13)16/h8,11,13-14,19H,6-7,9H2,1-5H3/t11-,13+,14?/m0/s1. The number of ether oxygens (including phenoxy) is 1. The first-order valence-corrected chi connectivity index (χ1v) is 10.1. The molecule has 2 rings (SSSR count). The lowest BCUT2D eigenvalue weighted by atomic mass is 9.74. The van der Waals surface area contributed by atoms with Crippen LogP contribution in [0.3, 0.4) is 0 Å². The highest BCUT2D eigenvalue weighted by molar-refractivity contribution is 6.48. The third-order valence-electron chi connectivity index (χ3n) is 4.01. The van der Waals surface area contributed by atoms with Gasteiger partial charge >= 0.3 is 0 Å². The second-order valence-corrected chi connectivity index (χ2v) is 9.44. The number of ketones is 1. The van der Waals surface area contributed by atoms with E-state index in [1.807, 2.05) is 6.08 Å². The molecular formula is C15H26O3Si. The Hall–Kier alpha value is -0.453. The van der Waals surface area contributed by atoms with Gasteiger partial charge in [0.2, 0.25) is 0 Å². The Labute approximate surface area is 118 Å². The normalized spacial score (nSPS) is 29.4. The van der Waals surface area contributed by atoms with Crippen molar-refractivity contribution in [3.8, 4) is 0 Å². The van der Waals surface area contributed by atoms with Crippen molar-refractivity contribution >= 4 is 14.8 Å². The van der Waals surface area contributed by atoms with Gasteiger partial charge in [-0.1, -0.05) is 20.8 Å². The SMILES string of the molecule is C[SiH](C)OC([C@H]1C(=O)C=C2COCC[C@@H]21)C(C)(C)C. The van der Waals surface area contributed by atoms with E-state index in [0.717, 1.165) is 13.0 Å². The van der Waals surface area contributed by atoms with Crippen LogP contribution in [-0.4, -0.2) is 34.1 Å². The highest BCUT2D eigenvalue weighted by atomic mass is 28.3. The van der Waals surface area contributed by atoms with Gasteiger partial charge < -0.3 is 9.16 Å². The van der Waals surface area contributed by atoms with Crippen LogP contribution in [0.25, 0.3) is 0 Å². The van der Waals surface area contributed by atoms with E-state index < -0.39 is 9.04 Å². The maximum absolute atomic E-state index is 12.4. The lowest BCUT2D eigenvalue weighted by molar-refractivity contribution is -0.124. The van der Waals surface area contributed by atoms with Gasteiger partial charge in [-0.25, -0.2) is 0 Å². The van der Waals surface area contributed by atoms with Gasteiger partial charge in [-0.15, -0.1) is 0 Å². The largest absolute Gasteiger partial charge is 0.416 e. The minimum atomic E-state index is -1.17. The zero-order chi connectivity index (χ0) is 14.2. The summed E-state index contributed by atoms with van der Waals surface area (Å²) in [6.07, 6.45) is 2.81. The Bertz CT molecular complexity index is 381. The topological polar surface area (TPSA) is 35.5 Å². The molecule has 1 unspecified atom stereocenters. The summed E-state index contributed by atoms with van der Waals surface area (Å²) < 4.78 is 11.7. The van der Waals surface area contributed by atoms with Gasteiger partial charge in [-0.05, 0) is 42.5 Å². The Morgan fingerprint density at radius 1 is 1.42 bits per heavy atom. The summed E-state index contributed by atoms with van der Waals surface area (Å²) in [6, 6.07) is 0. The summed E-state index contributed by atoms with van der Waals surface area (Å²) in [6.45, 7) is 12.3. The number of allylic oxidation sites excluding steroid dienone is 1. The highest BCUT2D eigenvalue weighted by Gasteiger charge is 2.46. The molecule has 0 spiro atoms. The van der Waals surface area contributed by atoms with Crippen molar-refractivity contribution in [3.63, 3.8) is 0 Å². The fraction of sp³-hybridized carbons (Fsp3) is 0.800. The van der Waals surface area contributed by atoms with Crippen LogP contribution in [-0.2, 0) is 14.0 Å². The average molecular weight is 282 g/mol. The van der Waals surface area contributed by atoms with Crippen LogP contribution in [0, 0.1) is 17.3 Å². The quantitative estimate of drug-likeness (QED) is 0.746. The number of hydrogen-bond acceptors (Lipinski definition) is 3. The molecule has 1 saturated heterocycles. The number of fused-ring (bicyclic) bond motifs is 1. The van der Waals surface area contributed by atoms with Gasteiger partial charge in [0.05, 0.1) is 18.6 Å². The fourth-order valence-electron chi connectivity index (χ4n) is 3.21. The Kier molecular flexibility index (Phi) is 4.33. The van der Waals surface area contributed by atoms with E-state index in [0.29, 0.717) is 12.5 Å². The first-order valence-electron chi connectivity index (χ1n) is 7.28. The molecule has 3 atom stereocenters. The minimum Gasteiger partial charge on any atom is -0.416 e. The van der Waals surface area contributed by atoms with Crippen molar-refractivity contribution in [3.05, 3.63) is 11.6 Å². The summed E-state index contributed by atoms with van der Waals surface area (Å²) in [5.41, 5.74) is 1.18. The predicted octanol–water partition coefficient (Wildman–Crippen LogP) is 2.56. The first-order chi connectivity index (χ1) is 8.80. The molecule has 0 aromatic heterocycles. The van der Waals surface area contributed by atoms with Crippen LogP contribution in [0.15, 0.2) is 11.6 Å². The van der Waals surface area contributed by atoms with Crippen LogP contribution < -0.4 is 0 Å². The fourth-order valence-corrected chi connectivity index (χ4v) is 4.37. The van der Waals surface area contributed by atoms with Crippen molar-refractivity contribution in [1.29, 1.82) is 0 Å². The third-order valence-corrected chi connectivity index (χ3v) is 4.84. The summed E-state index contributed by atoms with van der Waals surface area (Å²) in [4.78, 5) is 12.4. The third kappa shape index (κ3) is 3.18. The van der Waals surface area contributed by atoms with Gasteiger partial charge in [0, 0.05) is 6.61 Å². The summed E-state index contributed by atoms with van der Waals surface area (Å²) in [7, 11) is -1.17. The molecule has 108 valence electrons. The van der Waals surface area contributed by atoms with Crippen molar-refractivity contribution < 1.29 is 14.0 Å². The van der Waals surface area contributed by atoms with E-state index in [2.05, 4.69) is 33.9 Å². The lowest BCUT2D eigenvalue weighted by Gasteiger charge is -2.40. The van der Waals surface area contributed by atoms with E-state index >= 15 is 0 Å². The molecule has 1 aliphatic heterocycles. The van der Waals surface area contributed by atoms with Crippen LogP contribution in [0.1, 0.15) is 27.2 Å². The first kappa shape index (κ1) is 14.9. The van der Waals surface area contributed by atoms with E-state index in [1.165, 1.54) is 5.57 Å². The number of hydrogen-bond donors (Lipinski definition) is 0. The summed E-state index contributed by atoms with van der Waals surface area (Å²) >= 11 is 0. The molecule has 1 fully saturated rings. The number of rotatable bonds is 3.